The van der Waals surface area contributed by atoms with E-state index in [1.807, 2.05) is 0 Å². The third-order valence-electron chi connectivity index (χ3n) is 2.75. The van der Waals surface area contributed by atoms with Crippen LogP contribution in [0.3, 0.4) is 0 Å². The molecule has 0 aromatic heterocycles. The molecule has 2 N–H and O–H groups in total. The first-order valence-electron chi connectivity index (χ1n) is 5.31. The Bertz CT molecular complexity index is 224. The van der Waals surface area contributed by atoms with E-state index in [-0.39, 0.29) is 13.0 Å². The number of alkyl halides is 1. The van der Waals surface area contributed by atoms with Crippen molar-refractivity contribution in [3.05, 3.63) is 0 Å². The molecule has 90 valence electrons. The minimum atomic E-state index is -4.42. The Labute approximate surface area is 89.1 Å². The molecule has 1 fully saturated rings. The average Bonchev–Trinajstić information content (AvgIpc) is 2.54. The van der Waals surface area contributed by atoms with Gasteiger partial charge in [-0.15, -0.1) is 0 Å². The smallest absolute Gasteiger partial charge is 0.303 e. The van der Waals surface area contributed by atoms with Crippen molar-refractivity contribution < 1.29 is 23.3 Å². The Kier molecular flexibility index (Phi) is 5.19. The molecular formula is C9H18FO4P. The lowest BCUT2D eigenvalue weighted by Crippen LogP contribution is -2.09. The van der Waals surface area contributed by atoms with Crippen molar-refractivity contribution >= 4 is 7.82 Å². The monoisotopic (exact) mass is 240 g/mol. The largest absolute Gasteiger partial charge is 0.469 e. The first-order valence-corrected chi connectivity index (χ1v) is 6.84. The maximum Gasteiger partial charge on any atom is 0.469 e. The van der Waals surface area contributed by atoms with Crippen molar-refractivity contribution in [2.24, 2.45) is 5.92 Å². The summed E-state index contributed by atoms with van der Waals surface area (Å²) in [6, 6.07) is 0. The van der Waals surface area contributed by atoms with Gasteiger partial charge in [0.2, 0.25) is 0 Å². The standard InChI is InChI=1S/C9H18FO4P/c10-9(5-6-14-15(11,12)13)7-8-3-1-2-4-8/h8-9H,1-7H2,(H2,11,12,13). The molecule has 4 nitrogen and oxygen atoms in total. The second-order valence-electron chi connectivity index (χ2n) is 4.10. The van der Waals surface area contributed by atoms with Crippen LogP contribution in [0.4, 0.5) is 4.39 Å². The van der Waals surface area contributed by atoms with E-state index in [0.29, 0.717) is 12.3 Å². The summed E-state index contributed by atoms with van der Waals surface area (Å²) in [5.74, 6) is 0.454. The minimum absolute atomic E-state index is 0.0710. The Balaban J connectivity index is 2.07. The predicted octanol–water partition coefficient (Wildman–Crippen LogP) is 2.40. The molecule has 0 bridgehead atoms. The van der Waals surface area contributed by atoms with Gasteiger partial charge >= 0.3 is 7.82 Å². The summed E-state index contributed by atoms with van der Waals surface area (Å²) in [6.45, 7) is -0.210. The fourth-order valence-electron chi connectivity index (χ4n) is 2.03. The van der Waals surface area contributed by atoms with Gasteiger partial charge in [-0.3, -0.25) is 4.52 Å². The lowest BCUT2D eigenvalue weighted by Gasteiger charge is -2.13. The second-order valence-corrected chi connectivity index (χ2v) is 5.34. The number of halogens is 1. The zero-order valence-electron chi connectivity index (χ0n) is 8.64. The maximum atomic E-state index is 13.3. The fraction of sp³-hybridized carbons (Fsp3) is 1.00. The van der Waals surface area contributed by atoms with Gasteiger partial charge < -0.3 is 9.79 Å². The Hall–Kier alpha value is 0.0400. The zero-order chi connectivity index (χ0) is 11.3. The van der Waals surface area contributed by atoms with Gasteiger partial charge in [-0.25, -0.2) is 8.96 Å². The summed E-state index contributed by atoms with van der Waals surface area (Å²) in [4.78, 5) is 16.8. The van der Waals surface area contributed by atoms with Crippen LogP contribution in [0.25, 0.3) is 0 Å². The minimum Gasteiger partial charge on any atom is -0.303 e. The third kappa shape index (κ3) is 6.25. The van der Waals surface area contributed by atoms with Crippen LogP contribution in [0.1, 0.15) is 38.5 Å². The zero-order valence-corrected chi connectivity index (χ0v) is 9.53. The van der Waals surface area contributed by atoms with Crippen molar-refractivity contribution in [2.75, 3.05) is 6.61 Å². The van der Waals surface area contributed by atoms with Crippen molar-refractivity contribution in [1.82, 2.24) is 0 Å². The number of rotatable bonds is 6. The van der Waals surface area contributed by atoms with Crippen LogP contribution in [0.5, 0.6) is 0 Å². The molecule has 0 amide bonds. The van der Waals surface area contributed by atoms with Crippen LogP contribution in [-0.2, 0) is 9.09 Å². The van der Waals surface area contributed by atoms with Gasteiger partial charge in [0.15, 0.2) is 0 Å². The van der Waals surface area contributed by atoms with Crippen molar-refractivity contribution in [1.29, 1.82) is 0 Å². The first-order chi connectivity index (χ1) is 6.97. The topological polar surface area (TPSA) is 66.8 Å². The lowest BCUT2D eigenvalue weighted by atomic mass is 9.99. The maximum absolute atomic E-state index is 13.3. The van der Waals surface area contributed by atoms with Crippen LogP contribution in [0, 0.1) is 5.92 Å². The van der Waals surface area contributed by atoms with E-state index >= 15 is 0 Å². The van der Waals surface area contributed by atoms with E-state index < -0.39 is 14.0 Å². The molecule has 0 aromatic rings. The summed E-state index contributed by atoms with van der Waals surface area (Å²) in [6.07, 6.45) is 4.10. The summed E-state index contributed by atoms with van der Waals surface area (Å²) in [5, 5.41) is 0. The molecule has 1 saturated carbocycles. The lowest BCUT2D eigenvalue weighted by molar-refractivity contribution is 0.162. The summed E-state index contributed by atoms with van der Waals surface area (Å²) >= 11 is 0. The number of hydrogen-bond acceptors (Lipinski definition) is 2. The summed E-state index contributed by atoms with van der Waals surface area (Å²) < 4.78 is 27.8. The molecule has 1 atom stereocenters. The molecule has 0 spiro atoms. The summed E-state index contributed by atoms with van der Waals surface area (Å²) in [5.41, 5.74) is 0. The molecule has 1 unspecified atom stereocenters. The Morgan fingerprint density at radius 2 is 2.00 bits per heavy atom. The van der Waals surface area contributed by atoms with Gasteiger partial charge in [0.25, 0.3) is 0 Å². The normalized spacial score (nSPS) is 20.7. The highest BCUT2D eigenvalue weighted by Gasteiger charge is 2.21. The van der Waals surface area contributed by atoms with Gasteiger partial charge in [-0.1, -0.05) is 25.7 Å². The van der Waals surface area contributed by atoms with E-state index in [1.165, 1.54) is 12.8 Å². The molecule has 0 aromatic carbocycles. The van der Waals surface area contributed by atoms with Crippen LogP contribution < -0.4 is 0 Å². The Morgan fingerprint density at radius 3 is 2.53 bits per heavy atom. The molecule has 6 heteroatoms. The molecule has 1 aliphatic rings. The van der Waals surface area contributed by atoms with E-state index in [2.05, 4.69) is 4.52 Å². The third-order valence-corrected chi connectivity index (χ3v) is 3.27. The molecule has 1 rings (SSSR count). The van der Waals surface area contributed by atoms with Gasteiger partial charge in [0.05, 0.1) is 6.61 Å². The van der Waals surface area contributed by atoms with Crippen LogP contribution in [0.2, 0.25) is 0 Å². The van der Waals surface area contributed by atoms with E-state index in [1.54, 1.807) is 0 Å². The van der Waals surface area contributed by atoms with Crippen molar-refractivity contribution in [3.63, 3.8) is 0 Å². The fourth-order valence-corrected chi connectivity index (χ4v) is 2.37. The molecule has 15 heavy (non-hydrogen) atoms. The first kappa shape index (κ1) is 13.1. The van der Waals surface area contributed by atoms with Crippen LogP contribution in [0.15, 0.2) is 0 Å². The van der Waals surface area contributed by atoms with Crippen LogP contribution >= 0.6 is 7.82 Å². The van der Waals surface area contributed by atoms with Gasteiger partial charge in [0.1, 0.15) is 6.17 Å². The highest BCUT2D eigenvalue weighted by molar-refractivity contribution is 7.46. The summed E-state index contributed by atoms with van der Waals surface area (Å²) in [7, 11) is -4.42. The molecule has 0 radical (unpaired) electrons. The van der Waals surface area contributed by atoms with Crippen molar-refractivity contribution in [2.45, 2.75) is 44.7 Å². The van der Waals surface area contributed by atoms with E-state index in [9.17, 15) is 8.96 Å². The van der Waals surface area contributed by atoms with Gasteiger partial charge in [-0.2, -0.15) is 0 Å². The van der Waals surface area contributed by atoms with E-state index in [4.69, 9.17) is 9.79 Å². The quantitative estimate of drug-likeness (QED) is 0.699. The molecule has 0 saturated heterocycles. The van der Waals surface area contributed by atoms with Crippen molar-refractivity contribution in [3.8, 4) is 0 Å². The molecule has 1 aliphatic carbocycles. The van der Waals surface area contributed by atoms with E-state index in [0.717, 1.165) is 12.8 Å². The SMILES string of the molecule is O=P(O)(O)OCCC(F)CC1CCCC1. The van der Waals surface area contributed by atoms with Gasteiger partial charge in [0, 0.05) is 6.42 Å². The molecule has 0 heterocycles. The highest BCUT2D eigenvalue weighted by Crippen LogP contribution is 2.36. The number of phosphoric ester groups is 1. The number of phosphoric acid groups is 1. The van der Waals surface area contributed by atoms with Gasteiger partial charge in [-0.05, 0) is 12.3 Å². The highest BCUT2D eigenvalue weighted by atomic mass is 31.2. The Morgan fingerprint density at radius 1 is 1.40 bits per heavy atom. The average molecular weight is 240 g/mol. The predicted molar refractivity (Wildman–Crippen MR) is 54.1 cm³/mol. The number of hydrogen-bond donors (Lipinski definition) is 2. The molecular weight excluding hydrogens is 222 g/mol. The molecule has 0 aliphatic heterocycles. The van der Waals surface area contributed by atoms with Crippen LogP contribution in [-0.4, -0.2) is 22.6 Å². The second kappa shape index (κ2) is 5.94.